The molecule has 1 N–H and O–H groups in total. The van der Waals surface area contributed by atoms with Gasteiger partial charge in [0, 0.05) is 26.2 Å². The minimum atomic E-state index is -0.0446. The molecular weight excluding hydrogens is 240 g/mol. The minimum absolute atomic E-state index is 0.0446. The number of rotatable bonds is 3. The van der Waals surface area contributed by atoms with Gasteiger partial charge in [-0.2, -0.15) is 0 Å². The fraction of sp³-hybridized carbons (Fsp3) is 0.933. The van der Waals surface area contributed by atoms with E-state index in [-0.39, 0.29) is 12.1 Å². The Bertz CT molecular complexity index is 311. The zero-order chi connectivity index (χ0) is 13.9. The molecule has 1 aliphatic heterocycles. The van der Waals surface area contributed by atoms with Gasteiger partial charge in [0.05, 0.1) is 6.54 Å². The first-order valence-electron chi connectivity index (χ1n) is 7.57. The molecule has 4 nitrogen and oxygen atoms in total. The van der Waals surface area contributed by atoms with Crippen LogP contribution in [0.15, 0.2) is 0 Å². The van der Waals surface area contributed by atoms with Crippen LogP contribution in [0, 0.1) is 11.3 Å². The Hall–Kier alpha value is -0.610. The summed E-state index contributed by atoms with van der Waals surface area (Å²) in [5.41, 5.74) is 0.303. The summed E-state index contributed by atoms with van der Waals surface area (Å²) >= 11 is 0. The second kappa shape index (κ2) is 6.23. The average molecular weight is 268 g/mol. The number of nitrogens with zero attached hydrogens (tertiary/aromatic N) is 1. The molecule has 2 aliphatic rings. The fourth-order valence-electron chi connectivity index (χ4n) is 3.62. The Balaban J connectivity index is 1.78. The first kappa shape index (κ1) is 14.8. The maximum absolute atomic E-state index is 12.0. The van der Waals surface area contributed by atoms with Gasteiger partial charge in [0.2, 0.25) is 0 Å². The molecule has 2 atom stereocenters. The highest BCUT2D eigenvalue weighted by Gasteiger charge is 2.34. The van der Waals surface area contributed by atoms with Gasteiger partial charge in [-0.25, -0.2) is 0 Å². The van der Waals surface area contributed by atoms with Crippen molar-refractivity contribution in [3.63, 3.8) is 0 Å². The van der Waals surface area contributed by atoms with E-state index in [4.69, 9.17) is 4.74 Å². The van der Waals surface area contributed by atoms with Crippen molar-refractivity contribution in [3.8, 4) is 0 Å². The highest BCUT2D eigenvalue weighted by atomic mass is 16.5. The largest absolute Gasteiger partial charge is 0.461 e. The third-order valence-electron chi connectivity index (χ3n) is 4.21. The molecular formula is C15H28N2O2. The van der Waals surface area contributed by atoms with E-state index < -0.39 is 0 Å². The highest BCUT2D eigenvalue weighted by molar-refractivity contribution is 5.71. The van der Waals surface area contributed by atoms with E-state index in [1.54, 1.807) is 0 Å². The number of nitrogens with one attached hydrogen (secondary N) is 1. The van der Waals surface area contributed by atoms with E-state index in [9.17, 15) is 4.79 Å². The Labute approximate surface area is 116 Å². The maximum Gasteiger partial charge on any atom is 0.320 e. The average Bonchev–Trinajstić information content (AvgIpc) is 2.26. The molecule has 0 aromatic heterocycles. The van der Waals surface area contributed by atoms with Gasteiger partial charge >= 0.3 is 5.97 Å². The molecule has 1 saturated heterocycles. The molecule has 1 heterocycles. The molecule has 1 aliphatic carbocycles. The normalized spacial score (nSPS) is 31.9. The smallest absolute Gasteiger partial charge is 0.320 e. The van der Waals surface area contributed by atoms with Crippen LogP contribution in [-0.2, 0) is 9.53 Å². The number of piperazine rings is 1. The second-order valence-corrected chi connectivity index (χ2v) is 7.05. The van der Waals surface area contributed by atoms with E-state index in [2.05, 4.69) is 31.0 Å². The number of esters is 1. The van der Waals surface area contributed by atoms with Crippen LogP contribution >= 0.6 is 0 Å². The van der Waals surface area contributed by atoms with Crippen LogP contribution in [0.2, 0.25) is 0 Å². The zero-order valence-corrected chi connectivity index (χ0v) is 12.6. The number of hydrogen-bond donors (Lipinski definition) is 1. The van der Waals surface area contributed by atoms with Crippen molar-refractivity contribution >= 4 is 5.97 Å². The van der Waals surface area contributed by atoms with Crippen LogP contribution in [0.4, 0.5) is 0 Å². The van der Waals surface area contributed by atoms with E-state index in [1.807, 2.05) is 0 Å². The van der Waals surface area contributed by atoms with Crippen molar-refractivity contribution in [1.29, 1.82) is 0 Å². The van der Waals surface area contributed by atoms with Crippen LogP contribution in [0.25, 0.3) is 0 Å². The third-order valence-corrected chi connectivity index (χ3v) is 4.21. The van der Waals surface area contributed by atoms with Crippen LogP contribution in [0.1, 0.15) is 40.0 Å². The van der Waals surface area contributed by atoms with Crippen molar-refractivity contribution in [3.05, 3.63) is 0 Å². The third kappa shape index (κ3) is 4.77. The number of ether oxygens (including phenoxy) is 1. The SMILES string of the molecule is CC1CC(OC(=O)CN2CCNCC2)CC(C)(C)C1. The monoisotopic (exact) mass is 268 g/mol. The topological polar surface area (TPSA) is 41.6 Å². The van der Waals surface area contributed by atoms with Gasteiger partial charge in [-0.05, 0) is 30.6 Å². The van der Waals surface area contributed by atoms with E-state index in [0.29, 0.717) is 17.9 Å². The van der Waals surface area contributed by atoms with Crippen molar-refractivity contribution in [2.24, 2.45) is 11.3 Å². The highest BCUT2D eigenvalue weighted by Crippen LogP contribution is 2.39. The van der Waals surface area contributed by atoms with Gasteiger partial charge < -0.3 is 10.1 Å². The van der Waals surface area contributed by atoms with Crippen molar-refractivity contribution in [2.75, 3.05) is 32.7 Å². The predicted molar refractivity (Wildman–Crippen MR) is 76.0 cm³/mol. The lowest BCUT2D eigenvalue weighted by Gasteiger charge is -2.38. The summed E-state index contributed by atoms with van der Waals surface area (Å²) in [6.07, 6.45) is 3.38. The lowest BCUT2D eigenvalue weighted by Crippen LogP contribution is -2.46. The predicted octanol–water partition coefficient (Wildman–Crippen LogP) is 1.65. The molecule has 0 spiro atoms. The Morgan fingerprint density at radius 3 is 2.63 bits per heavy atom. The summed E-state index contributed by atoms with van der Waals surface area (Å²) in [7, 11) is 0. The fourth-order valence-corrected chi connectivity index (χ4v) is 3.62. The van der Waals surface area contributed by atoms with Gasteiger partial charge in [-0.3, -0.25) is 9.69 Å². The van der Waals surface area contributed by atoms with Gasteiger partial charge in [0.15, 0.2) is 0 Å². The van der Waals surface area contributed by atoms with Crippen molar-refractivity contribution < 1.29 is 9.53 Å². The second-order valence-electron chi connectivity index (χ2n) is 7.05. The van der Waals surface area contributed by atoms with E-state index in [0.717, 1.165) is 39.0 Å². The number of hydrogen-bond acceptors (Lipinski definition) is 4. The van der Waals surface area contributed by atoms with Crippen molar-refractivity contribution in [2.45, 2.75) is 46.1 Å². The number of carbonyl (C=O) groups is 1. The van der Waals surface area contributed by atoms with Gasteiger partial charge in [0.1, 0.15) is 6.10 Å². The Kier molecular flexibility index (Phi) is 4.85. The van der Waals surface area contributed by atoms with E-state index in [1.165, 1.54) is 6.42 Å². The molecule has 4 heteroatoms. The molecule has 0 radical (unpaired) electrons. The quantitative estimate of drug-likeness (QED) is 0.790. The molecule has 2 unspecified atom stereocenters. The van der Waals surface area contributed by atoms with Gasteiger partial charge in [0.25, 0.3) is 0 Å². The maximum atomic E-state index is 12.0. The lowest BCUT2D eigenvalue weighted by molar-refractivity contribution is -0.154. The molecule has 1 saturated carbocycles. The molecule has 110 valence electrons. The van der Waals surface area contributed by atoms with Gasteiger partial charge in [-0.1, -0.05) is 20.8 Å². The lowest BCUT2D eigenvalue weighted by atomic mass is 9.71. The zero-order valence-electron chi connectivity index (χ0n) is 12.6. The molecule has 0 aromatic rings. The molecule has 19 heavy (non-hydrogen) atoms. The summed E-state index contributed by atoms with van der Waals surface area (Å²) in [4.78, 5) is 14.2. The summed E-state index contributed by atoms with van der Waals surface area (Å²) in [6.45, 7) is 11.1. The molecule has 0 aromatic carbocycles. The van der Waals surface area contributed by atoms with Crippen LogP contribution in [0.3, 0.4) is 0 Å². The Morgan fingerprint density at radius 1 is 1.32 bits per heavy atom. The van der Waals surface area contributed by atoms with E-state index >= 15 is 0 Å². The van der Waals surface area contributed by atoms with Crippen molar-refractivity contribution in [1.82, 2.24) is 10.2 Å². The summed E-state index contributed by atoms with van der Waals surface area (Å²) in [5.74, 6) is 0.609. The molecule has 2 rings (SSSR count). The van der Waals surface area contributed by atoms with Crippen LogP contribution in [-0.4, -0.2) is 49.7 Å². The number of carbonyl (C=O) groups excluding carboxylic acids is 1. The summed E-state index contributed by atoms with van der Waals surface area (Å²) in [6, 6.07) is 0. The summed E-state index contributed by atoms with van der Waals surface area (Å²) in [5, 5.41) is 3.29. The molecule has 2 fully saturated rings. The minimum Gasteiger partial charge on any atom is -0.461 e. The first-order valence-corrected chi connectivity index (χ1v) is 7.57. The standard InChI is InChI=1S/C15H28N2O2/c1-12-8-13(10-15(2,3)9-12)19-14(18)11-17-6-4-16-5-7-17/h12-13,16H,4-11H2,1-3H3. The molecule has 0 bridgehead atoms. The van der Waals surface area contributed by atoms with Crippen LogP contribution < -0.4 is 5.32 Å². The van der Waals surface area contributed by atoms with Crippen LogP contribution in [0.5, 0.6) is 0 Å². The Morgan fingerprint density at radius 2 is 2.00 bits per heavy atom. The van der Waals surface area contributed by atoms with Gasteiger partial charge in [-0.15, -0.1) is 0 Å². The summed E-state index contributed by atoms with van der Waals surface area (Å²) < 4.78 is 5.70. The first-order chi connectivity index (χ1) is 8.94. The molecule has 0 amide bonds.